The zero-order valence-electron chi connectivity index (χ0n) is 13.6. The maximum Gasteiger partial charge on any atom is 0.247 e. The molecule has 0 saturated heterocycles. The van der Waals surface area contributed by atoms with Crippen LogP contribution in [0.25, 0.3) is 16.8 Å². The van der Waals surface area contributed by atoms with Gasteiger partial charge in [0.05, 0.1) is 11.3 Å². The molecule has 0 aliphatic heterocycles. The van der Waals surface area contributed by atoms with Crippen molar-refractivity contribution in [3.8, 4) is 17.2 Å². The van der Waals surface area contributed by atoms with E-state index in [9.17, 15) is 5.26 Å². The van der Waals surface area contributed by atoms with Crippen molar-refractivity contribution in [1.82, 2.24) is 14.6 Å². The van der Waals surface area contributed by atoms with Crippen LogP contribution in [0.2, 0.25) is 0 Å². The number of hydrogen-bond acceptors (Lipinski definition) is 4. The Morgan fingerprint density at radius 2 is 1.84 bits per heavy atom. The average Bonchev–Trinajstić information content (AvgIpc) is 3.04. The Balaban J connectivity index is 1.71. The molecular weight excluding hydrogens is 310 g/mol. The molecule has 5 heteroatoms. The monoisotopic (exact) mass is 325 g/mol. The van der Waals surface area contributed by atoms with Gasteiger partial charge in [-0.05, 0) is 42.3 Å². The molecule has 0 amide bonds. The molecule has 0 fully saturated rings. The lowest BCUT2D eigenvalue weighted by atomic mass is 10.1. The summed E-state index contributed by atoms with van der Waals surface area (Å²) in [6.07, 6.45) is 1.95. The summed E-state index contributed by atoms with van der Waals surface area (Å²) < 4.78 is 1.74. The van der Waals surface area contributed by atoms with Gasteiger partial charge in [-0.2, -0.15) is 10.2 Å². The van der Waals surface area contributed by atoms with E-state index >= 15 is 0 Å². The van der Waals surface area contributed by atoms with Crippen molar-refractivity contribution in [3.63, 3.8) is 0 Å². The Bertz CT molecular complexity index is 1090. The highest BCUT2D eigenvalue weighted by Gasteiger charge is 2.08. The van der Waals surface area contributed by atoms with Crippen LogP contribution in [0.15, 0.2) is 66.9 Å². The summed E-state index contributed by atoms with van der Waals surface area (Å²) >= 11 is 0. The van der Waals surface area contributed by atoms with Crippen molar-refractivity contribution in [2.75, 3.05) is 5.32 Å². The Morgan fingerprint density at radius 3 is 2.64 bits per heavy atom. The summed E-state index contributed by atoms with van der Waals surface area (Å²) in [5.41, 5.74) is 5.28. The fraction of sp³-hybridized carbons (Fsp3) is 0.0500. The molecule has 1 N–H and O–H groups in total. The van der Waals surface area contributed by atoms with Crippen LogP contribution in [0.3, 0.4) is 0 Å². The number of benzene rings is 2. The van der Waals surface area contributed by atoms with Gasteiger partial charge in [-0.3, -0.25) is 0 Å². The topological polar surface area (TPSA) is 66.0 Å². The largest absolute Gasteiger partial charge is 0.322 e. The zero-order chi connectivity index (χ0) is 17.2. The van der Waals surface area contributed by atoms with Gasteiger partial charge in [-0.1, -0.05) is 36.4 Å². The highest BCUT2D eigenvalue weighted by molar-refractivity contribution is 5.67. The smallest absolute Gasteiger partial charge is 0.247 e. The molecule has 0 radical (unpaired) electrons. The molecule has 2 aromatic carbocycles. The van der Waals surface area contributed by atoms with Crippen molar-refractivity contribution < 1.29 is 0 Å². The molecule has 0 saturated carbocycles. The van der Waals surface area contributed by atoms with Crippen LogP contribution in [0.1, 0.15) is 11.1 Å². The molecule has 4 rings (SSSR count). The standard InChI is InChI=1S/C20H15N5/c1-14-7-8-16(12-21)18(11-14)22-20-23-19-10-9-17(13-25(19)24-20)15-5-3-2-4-6-15/h2-11,13H,1H3,(H,22,24). The molecule has 120 valence electrons. The van der Waals surface area contributed by atoms with E-state index in [1.165, 1.54) is 0 Å². The van der Waals surface area contributed by atoms with Crippen molar-refractivity contribution in [2.45, 2.75) is 6.92 Å². The molecule has 2 aromatic heterocycles. The molecular formula is C20H15N5. The van der Waals surface area contributed by atoms with Gasteiger partial charge in [0.1, 0.15) is 6.07 Å². The number of aromatic nitrogens is 3. The molecule has 0 aliphatic carbocycles. The van der Waals surface area contributed by atoms with Gasteiger partial charge >= 0.3 is 0 Å². The molecule has 4 aromatic rings. The first-order valence-electron chi connectivity index (χ1n) is 7.92. The lowest BCUT2D eigenvalue weighted by molar-refractivity contribution is 0.967. The Kier molecular flexibility index (Phi) is 3.64. The van der Waals surface area contributed by atoms with Gasteiger partial charge in [0.25, 0.3) is 0 Å². The van der Waals surface area contributed by atoms with Crippen LogP contribution in [0.5, 0.6) is 0 Å². The van der Waals surface area contributed by atoms with Crippen LogP contribution in [0.4, 0.5) is 11.6 Å². The quantitative estimate of drug-likeness (QED) is 0.609. The Labute approximate surface area is 145 Å². The summed E-state index contributed by atoms with van der Waals surface area (Å²) in [6.45, 7) is 1.98. The minimum Gasteiger partial charge on any atom is -0.322 e. The second-order valence-electron chi connectivity index (χ2n) is 5.81. The summed E-state index contributed by atoms with van der Waals surface area (Å²) in [5, 5.41) is 16.9. The number of pyridine rings is 1. The number of nitrogens with one attached hydrogen (secondary N) is 1. The normalized spacial score (nSPS) is 10.6. The van der Waals surface area contributed by atoms with Gasteiger partial charge in [-0.15, -0.1) is 5.10 Å². The fourth-order valence-corrected chi connectivity index (χ4v) is 2.72. The van der Waals surface area contributed by atoms with E-state index < -0.39 is 0 Å². The highest BCUT2D eigenvalue weighted by Crippen LogP contribution is 2.22. The van der Waals surface area contributed by atoms with Gasteiger partial charge in [0, 0.05) is 11.8 Å². The molecule has 25 heavy (non-hydrogen) atoms. The zero-order valence-corrected chi connectivity index (χ0v) is 13.6. The molecule has 0 aliphatic rings. The summed E-state index contributed by atoms with van der Waals surface area (Å²) in [7, 11) is 0. The number of rotatable bonds is 3. The summed E-state index contributed by atoms with van der Waals surface area (Å²) in [6, 6.07) is 21.9. The third-order valence-corrected chi connectivity index (χ3v) is 3.98. The maximum absolute atomic E-state index is 9.25. The number of nitrogens with zero attached hydrogens (tertiary/aromatic N) is 4. The molecule has 2 heterocycles. The molecule has 0 atom stereocenters. The highest BCUT2D eigenvalue weighted by atomic mass is 15.3. The average molecular weight is 325 g/mol. The van der Waals surface area contributed by atoms with E-state index in [-0.39, 0.29) is 0 Å². The number of nitriles is 1. The van der Waals surface area contributed by atoms with Crippen LogP contribution < -0.4 is 5.32 Å². The van der Waals surface area contributed by atoms with Gasteiger partial charge in [0.2, 0.25) is 5.95 Å². The second-order valence-corrected chi connectivity index (χ2v) is 5.81. The predicted octanol–water partition coefficient (Wildman–Crippen LogP) is 4.32. The van der Waals surface area contributed by atoms with Crippen molar-refractivity contribution in [3.05, 3.63) is 78.0 Å². The lowest BCUT2D eigenvalue weighted by Gasteiger charge is -2.05. The maximum atomic E-state index is 9.25. The van der Waals surface area contributed by atoms with E-state index in [1.54, 1.807) is 10.6 Å². The first-order valence-corrected chi connectivity index (χ1v) is 7.92. The molecule has 0 unspecified atom stereocenters. The van der Waals surface area contributed by atoms with E-state index in [1.807, 2.05) is 55.6 Å². The first-order chi connectivity index (χ1) is 12.2. The van der Waals surface area contributed by atoms with E-state index in [0.717, 1.165) is 22.3 Å². The first kappa shape index (κ1) is 14.9. The molecule has 5 nitrogen and oxygen atoms in total. The fourth-order valence-electron chi connectivity index (χ4n) is 2.72. The SMILES string of the molecule is Cc1ccc(C#N)c(Nc2nc3ccc(-c4ccccc4)cn3n2)c1. The van der Waals surface area contributed by atoms with E-state index in [2.05, 4.69) is 33.6 Å². The van der Waals surface area contributed by atoms with Crippen LogP contribution >= 0.6 is 0 Å². The van der Waals surface area contributed by atoms with Gasteiger partial charge < -0.3 is 5.32 Å². The molecule has 0 spiro atoms. The lowest BCUT2D eigenvalue weighted by Crippen LogP contribution is -1.96. The van der Waals surface area contributed by atoms with Gasteiger partial charge in [0.15, 0.2) is 5.65 Å². The van der Waals surface area contributed by atoms with Crippen molar-refractivity contribution in [2.24, 2.45) is 0 Å². The minimum atomic E-state index is 0.465. The summed E-state index contributed by atoms with van der Waals surface area (Å²) in [4.78, 5) is 4.48. The minimum absolute atomic E-state index is 0.465. The van der Waals surface area contributed by atoms with Crippen LogP contribution in [0, 0.1) is 18.3 Å². The number of fused-ring (bicyclic) bond motifs is 1. The number of hydrogen-bond donors (Lipinski definition) is 1. The van der Waals surface area contributed by atoms with E-state index in [4.69, 9.17) is 0 Å². The molecule has 0 bridgehead atoms. The number of anilines is 2. The van der Waals surface area contributed by atoms with Crippen LogP contribution in [-0.4, -0.2) is 14.6 Å². The predicted molar refractivity (Wildman–Crippen MR) is 97.6 cm³/mol. The summed E-state index contributed by atoms with van der Waals surface area (Å²) in [5.74, 6) is 0.465. The van der Waals surface area contributed by atoms with Gasteiger partial charge in [-0.25, -0.2) is 4.52 Å². The number of aryl methyl sites for hydroxylation is 1. The Morgan fingerprint density at radius 1 is 1.00 bits per heavy atom. The third-order valence-electron chi connectivity index (χ3n) is 3.98. The third kappa shape index (κ3) is 2.93. The Hall–Kier alpha value is -3.65. The van der Waals surface area contributed by atoms with Crippen LogP contribution in [-0.2, 0) is 0 Å². The van der Waals surface area contributed by atoms with Crippen molar-refractivity contribution >= 4 is 17.3 Å². The van der Waals surface area contributed by atoms with E-state index in [0.29, 0.717) is 17.2 Å². The second kappa shape index (κ2) is 6.10. The van der Waals surface area contributed by atoms with Crippen molar-refractivity contribution in [1.29, 1.82) is 5.26 Å².